The van der Waals surface area contributed by atoms with E-state index in [-0.39, 0.29) is 17.9 Å². The van der Waals surface area contributed by atoms with Crippen molar-refractivity contribution < 1.29 is 19.1 Å². The van der Waals surface area contributed by atoms with Crippen LogP contribution in [0.3, 0.4) is 0 Å². The van der Waals surface area contributed by atoms with E-state index >= 15 is 0 Å². The number of pyridine rings is 2. The van der Waals surface area contributed by atoms with Crippen LogP contribution in [-0.2, 0) is 40.3 Å². The summed E-state index contributed by atoms with van der Waals surface area (Å²) in [5.41, 5.74) is 5.74. The van der Waals surface area contributed by atoms with Gasteiger partial charge in [0.25, 0.3) is 0 Å². The Kier molecular flexibility index (Phi) is 9.86. The van der Waals surface area contributed by atoms with Gasteiger partial charge in [-0.3, -0.25) is 19.6 Å². The van der Waals surface area contributed by atoms with Gasteiger partial charge in [0.1, 0.15) is 36.7 Å². The molecule has 0 unspecified atom stereocenters. The second kappa shape index (κ2) is 14.3. The maximum absolute atomic E-state index is 12.5. The van der Waals surface area contributed by atoms with E-state index in [4.69, 9.17) is 14.7 Å². The lowest BCUT2D eigenvalue weighted by atomic mass is 10.0. The highest BCUT2D eigenvalue weighted by molar-refractivity contribution is 7.23. The van der Waals surface area contributed by atoms with Gasteiger partial charge in [0.05, 0.1) is 28.3 Å². The number of fused-ring (bicyclic) bond motifs is 4. The van der Waals surface area contributed by atoms with Crippen LogP contribution in [0.2, 0.25) is 0 Å². The molecule has 3 amide bonds. The second-order valence-corrected chi connectivity index (χ2v) is 17.4. The number of ether oxygens (including phenoxy) is 1. The van der Waals surface area contributed by atoms with Crippen molar-refractivity contribution in [1.82, 2.24) is 30.2 Å². The van der Waals surface area contributed by atoms with Crippen molar-refractivity contribution in [2.75, 3.05) is 23.7 Å². The Morgan fingerprint density at radius 2 is 1.35 bits per heavy atom. The molecule has 0 fully saturated rings. The van der Waals surface area contributed by atoms with Crippen LogP contribution < -0.4 is 16.0 Å². The SMILES string of the molecule is CC(=O)Nc1sc2c(c1-c1nc3cnccc3s1)CCN(C(=O)OC(C)(C)C)C2.CC(=O)Nc1sc2c(c1-c1nc3cnccc3s1)CCNC2. The van der Waals surface area contributed by atoms with E-state index in [2.05, 4.69) is 25.9 Å². The average molecular weight is 761 g/mol. The summed E-state index contributed by atoms with van der Waals surface area (Å²) in [6.07, 6.45) is 8.41. The molecule has 0 aromatic carbocycles. The van der Waals surface area contributed by atoms with Gasteiger partial charge in [0.15, 0.2) is 0 Å². The summed E-state index contributed by atoms with van der Waals surface area (Å²) in [6, 6.07) is 3.92. The van der Waals surface area contributed by atoms with E-state index in [1.165, 1.54) is 28.7 Å². The number of thiazole rings is 2. The van der Waals surface area contributed by atoms with Crippen molar-refractivity contribution in [1.29, 1.82) is 0 Å². The fraction of sp³-hybridized carbons (Fsp3) is 0.343. The average Bonchev–Trinajstić information content (AvgIpc) is 3.84. The van der Waals surface area contributed by atoms with Crippen molar-refractivity contribution in [3.05, 3.63) is 57.8 Å². The predicted octanol–water partition coefficient (Wildman–Crippen LogP) is 7.70. The fourth-order valence-electron chi connectivity index (χ4n) is 5.94. The van der Waals surface area contributed by atoms with Crippen LogP contribution in [0.15, 0.2) is 36.9 Å². The largest absolute Gasteiger partial charge is 0.444 e. The lowest BCUT2D eigenvalue weighted by Gasteiger charge is -2.30. The van der Waals surface area contributed by atoms with Crippen LogP contribution in [0.4, 0.5) is 14.8 Å². The molecule has 2 aliphatic rings. The van der Waals surface area contributed by atoms with Gasteiger partial charge in [-0.15, -0.1) is 45.3 Å². The number of thiophene rings is 2. The molecule has 0 bridgehead atoms. The molecule has 12 nitrogen and oxygen atoms in total. The van der Waals surface area contributed by atoms with E-state index in [1.54, 1.807) is 70.6 Å². The number of carbonyl (C=O) groups is 3. The molecule has 0 saturated carbocycles. The summed E-state index contributed by atoms with van der Waals surface area (Å²) in [5.74, 6) is -0.174. The van der Waals surface area contributed by atoms with Gasteiger partial charge in [-0.2, -0.15) is 0 Å². The molecule has 8 heterocycles. The summed E-state index contributed by atoms with van der Waals surface area (Å²) in [4.78, 5) is 57.6. The Morgan fingerprint density at radius 3 is 1.88 bits per heavy atom. The zero-order valence-corrected chi connectivity index (χ0v) is 32.0. The number of hydrogen-bond acceptors (Lipinski definition) is 13. The van der Waals surface area contributed by atoms with Crippen molar-refractivity contribution in [2.24, 2.45) is 0 Å². The highest BCUT2D eigenvalue weighted by Gasteiger charge is 2.31. The third-order valence-corrected chi connectivity index (χ3v) is 12.4. The minimum absolute atomic E-state index is 0.0458. The molecule has 0 saturated heterocycles. The maximum Gasteiger partial charge on any atom is 0.410 e. The second-order valence-electron chi connectivity index (χ2n) is 13.1. The number of anilines is 2. The predicted molar refractivity (Wildman–Crippen MR) is 206 cm³/mol. The van der Waals surface area contributed by atoms with Gasteiger partial charge < -0.3 is 25.6 Å². The molecule has 16 heteroatoms. The van der Waals surface area contributed by atoms with Crippen LogP contribution >= 0.6 is 45.3 Å². The van der Waals surface area contributed by atoms with E-state index in [0.717, 1.165) is 81.5 Å². The molecule has 6 aromatic heterocycles. The summed E-state index contributed by atoms with van der Waals surface area (Å²) >= 11 is 6.39. The highest BCUT2D eigenvalue weighted by atomic mass is 32.1. The molecule has 0 aliphatic carbocycles. The standard InChI is InChI=1S/C20H22N4O3S2.C15H14N4OS2/c1-11(25)22-17-16(18-23-13-9-21-7-5-14(13)28-18)12-6-8-24(10-15(12)29-17)19(26)27-20(2,3)4;1-8(20)18-14-13(9-2-4-17-7-12(9)22-14)15-19-10-6-16-5-3-11(10)21-15/h5,7,9H,6,8,10H2,1-4H3,(H,22,25);3,5-6,17H,2,4,7H2,1H3,(H,18,20). The Labute approximate surface area is 310 Å². The molecule has 0 radical (unpaired) electrons. The van der Waals surface area contributed by atoms with Gasteiger partial charge in [-0.1, -0.05) is 0 Å². The number of rotatable bonds is 4. The molecular weight excluding hydrogens is 725 g/mol. The first-order valence-corrected chi connectivity index (χ1v) is 19.6. The van der Waals surface area contributed by atoms with E-state index < -0.39 is 5.60 Å². The molecule has 264 valence electrons. The van der Waals surface area contributed by atoms with Crippen molar-refractivity contribution in [3.8, 4) is 21.1 Å². The zero-order valence-electron chi connectivity index (χ0n) is 28.7. The molecule has 0 atom stereocenters. The smallest absolute Gasteiger partial charge is 0.410 e. The van der Waals surface area contributed by atoms with Crippen LogP contribution in [0.25, 0.3) is 41.6 Å². The molecule has 3 N–H and O–H groups in total. The zero-order chi connectivity index (χ0) is 35.9. The van der Waals surface area contributed by atoms with Gasteiger partial charge in [-0.25, -0.2) is 14.8 Å². The summed E-state index contributed by atoms with van der Waals surface area (Å²) < 4.78 is 7.69. The van der Waals surface area contributed by atoms with Crippen LogP contribution in [-0.4, -0.2) is 61.4 Å². The summed E-state index contributed by atoms with van der Waals surface area (Å²) in [6.45, 7) is 11.5. The number of nitrogens with one attached hydrogen (secondary N) is 3. The van der Waals surface area contributed by atoms with E-state index in [1.807, 2.05) is 32.9 Å². The topological polar surface area (TPSA) is 151 Å². The Balaban J connectivity index is 0.000000165. The third-order valence-electron chi connectivity index (χ3n) is 8.02. The Bertz CT molecular complexity index is 2220. The minimum atomic E-state index is -0.533. The quantitative estimate of drug-likeness (QED) is 0.164. The van der Waals surface area contributed by atoms with Crippen molar-refractivity contribution in [3.63, 3.8) is 0 Å². The first-order valence-electron chi connectivity index (χ1n) is 16.4. The first-order chi connectivity index (χ1) is 24.4. The van der Waals surface area contributed by atoms with Crippen LogP contribution in [0, 0.1) is 0 Å². The monoisotopic (exact) mass is 760 g/mol. The van der Waals surface area contributed by atoms with Gasteiger partial charge in [-0.05, 0) is 63.4 Å². The van der Waals surface area contributed by atoms with Crippen molar-refractivity contribution >= 4 is 93.7 Å². The van der Waals surface area contributed by atoms with Gasteiger partial charge in [0.2, 0.25) is 11.8 Å². The number of amides is 3. The normalized spacial score (nSPS) is 14.0. The van der Waals surface area contributed by atoms with Crippen LogP contribution in [0.1, 0.15) is 55.5 Å². The summed E-state index contributed by atoms with van der Waals surface area (Å²) in [5, 5.41) is 12.8. The number of aromatic nitrogens is 4. The highest BCUT2D eigenvalue weighted by Crippen LogP contribution is 2.46. The fourth-order valence-corrected chi connectivity index (χ4v) is 10.7. The lowest BCUT2D eigenvalue weighted by molar-refractivity contribution is -0.115. The Morgan fingerprint density at radius 1 is 0.804 bits per heavy atom. The third kappa shape index (κ3) is 7.65. The maximum atomic E-state index is 12.5. The molecular formula is C35H36N8O4S4. The molecule has 51 heavy (non-hydrogen) atoms. The molecule has 0 spiro atoms. The van der Waals surface area contributed by atoms with Gasteiger partial charge >= 0.3 is 6.09 Å². The molecule has 6 aromatic rings. The van der Waals surface area contributed by atoms with Crippen molar-refractivity contribution in [2.45, 2.75) is 66.2 Å². The summed E-state index contributed by atoms with van der Waals surface area (Å²) in [7, 11) is 0. The van der Waals surface area contributed by atoms with Gasteiger partial charge in [0, 0.05) is 60.2 Å². The lowest BCUT2D eigenvalue weighted by Crippen LogP contribution is -2.39. The minimum Gasteiger partial charge on any atom is -0.444 e. The number of nitrogens with zero attached hydrogens (tertiary/aromatic N) is 5. The number of hydrogen-bond donors (Lipinski definition) is 3. The molecule has 2 aliphatic heterocycles. The van der Waals surface area contributed by atoms with E-state index in [0.29, 0.717) is 19.5 Å². The Hall–Kier alpha value is -4.35. The first kappa shape index (κ1) is 35.1. The molecule has 8 rings (SSSR count). The number of carbonyl (C=O) groups excluding carboxylic acids is 3. The van der Waals surface area contributed by atoms with E-state index in [9.17, 15) is 14.4 Å². The van der Waals surface area contributed by atoms with Crippen LogP contribution in [0.5, 0.6) is 0 Å².